The molecule has 0 saturated heterocycles. The van der Waals surface area contributed by atoms with Crippen molar-refractivity contribution in [3.8, 4) is 0 Å². The van der Waals surface area contributed by atoms with Crippen LogP contribution in [0.4, 0.5) is 0 Å². The van der Waals surface area contributed by atoms with Gasteiger partial charge in [-0.1, -0.05) is 13.8 Å². The Balaban J connectivity index is 2.80. The lowest BCUT2D eigenvalue weighted by Crippen LogP contribution is -2.09. The first-order valence-electron chi connectivity index (χ1n) is 4.84. The van der Waals surface area contributed by atoms with Crippen LogP contribution in [0.5, 0.6) is 0 Å². The van der Waals surface area contributed by atoms with Gasteiger partial charge in [-0.3, -0.25) is 0 Å². The van der Waals surface area contributed by atoms with E-state index in [0.717, 1.165) is 12.8 Å². The maximum absolute atomic E-state index is 5.55. The highest BCUT2D eigenvalue weighted by molar-refractivity contribution is 5.13. The minimum atomic E-state index is 0.659. The molecule has 0 atom stereocenters. The van der Waals surface area contributed by atoms with Gasteiger partial charge in [-0.05, 0) is 18.9 Å². The number of imidazole rings is 1. The van der Waals surface area contributed by atoms with Gasteiger partial charge in [0, 0.05) is 19.2 Å². The number of nitrogens with zero attached hydrogens (tertiary/aromatic N) is 2. The van der Waals surface area contributed by atoms with Crippen molar-refractivity contribution < 1.29 is 0 Å². The van der Waals surface area contributed by atoms with Crippen LogP contribution >= 0.6 is 0 Å². The van der Waals surface area contributed by atoms with Crippen molar-refractivity contribution in [3.63, 3.8) is 0 Å². The molecule has 0 aliphatic rings. The maximum Gasteiger partial charge on any atom is 0.0949 e. The van der Waals surface area contributed by atoms with Gasteiger partial charge >= 0.3 is 0 Å². The number of aryl methyl sites for hydroxylation is 1. The summed E-state index contributed by atoms with van der Waals surface area (Å²) in [6.07, 6.45) is 3.86. The molecule has 0 radical (unpaired) electrons. The third-order valence-electron chi connectivity index (χ3n) is 2.13. The van der Waals surface area contributed by atoms with Crippen LogP contribution in [0, 0.1) is 5.92 Å². The van der Waals surface area contributed by atoms with Gasteiger partial charge in [0.05, 0.1) is 12.0 Å². The van der Waals surface area contributed by atoms with Gasteiger partial charge in [0.1, 0.15) is 0 Å². The minimum absolute atomic E-state index is 0.659. The molecule has 0 amide bonds. The van der Waals surface area contributed by atoms with Crippen molar-refractivity contribution in [2.75, 3.05) is 6.54 Å². The van der Waals surface area contributed by atoms with Crippen LogP contribution in [-0.2, 0) is 19.9 Å². The molecule has 1 aromatic heterocycles. The Morgan fingerprint density at radius 1 is 1.54 bits per heavy atom. The Kier molecular flexibility index (Phi) is 3.48. The van der Waals surface area contributed by atoms with Crippen LogP contribution < -0.4 is 5.73 Å². The largest absolute Gasteiger partial charge is 0.337 e. The molecule has 0 aromatic carbocycles. The summed E-state index contributed by atoms with van der Waals surface area (Å²) in [4.78, 5) is 4.38. The molecule has 1 rings (SSSR count). The van der Waals surface area contributed by atoms with Gasteiger partial charge in [-0.2, -0.15) is 0 Å². The smallest absolute Gasteiger partial charge is 0.0949 e. The predicted octanol–water partition coefficient (Wildman–Crippen LogP) is 1.12. The molecule has 0 saturated carbocycles. The predicted molar refractivity (Wildman–Crippen MR) is 54.5 cm³/mol. The number of hydrogen-bond donors (Lipinski definition) is 1. The molecule has 3 nitrogen and oxygen atoms in total. The summed E-state index contributed by atoms with van der Waals surface area (Å²) in [6, 6.07) is 0. The van der Waals surface area contributed by atoms with Crippen molar-refractivity contribution in [2.45, 2.75) is 26.7 Å². The highest BCUT2D eigenvalue weighted by Gasteiger charge is 2.08. The molecule has 0 fully saturated rings. The summed E-state index contributed by atoms with van der Waals surface area (Å²) < 4.78 is 2.07. The first kappa shape index (κ1) is 10.3. The van der Waals surface area contributed by atoms with Crippen molar-refractivity contribution >= 4 is 0 Å². The Bertz CT molecular complexity index is 263. The Labute approximate surface area is 80.0 Å². The standard InChI is InChI=1S/C10H19N3/c1-8(2)6-9-10(4-5-11)13(3)7-12-9/h7-8H,4-6,11H2,1-3H3. The number of nitrogens with two attached hydrogens (primary N) is 1. The molecule has 0 bridgehead atoms. The van der Waals surface area contributed by atoms with Crippen LogP contribution in [0.15, 0.2) is 6.33 Å². The minimum Gasteiger partial charge on any atom is -0.337 e. The number of aromatic nitrogens is 2. The normalized spacial score (nSPS) is 11.2. The molecule has 0 aliphatic carbocycles. The van der Waals surface area contributed by atoms with Crippen molar-refractivity contribution in [1.29, 1.82) is 0 Å². The first-order chi connectivity index (χ1) is 6.15. The molecule has 2 N–H and O–H groups in total. The van der Waals surface area contributed by atoms with E-state index in [4.69, 9.17) is 5.73 Å². The van der Waals surface area contributed by atoms with Crippen LogP contribution in [0.2, 0.25) is 0 Å². The molecule has 0 spiro atoms. The number of hydrogen-bond acceptors (Lipinski definition) is 2. The van der Waals surface area contributed by atoms with Gasteiger partial charge in [0.2, 0.25) is 0 Å². The van der Waals surface area contributed by atoms with Crippen LogP contribution in [0.1, 0.15) is 25.2 Å². The SMILES string of the molecule is CC(C)Cc1ncn(C)c1CCN. The molecule has 74 valence electrons. The van der Waals surface area contributed by atoms with Crippen LogP contribution in [-0.4, -0.2) is 16.1 Å². The third-order valence-corrected chi connectivity index (χ3v) is 2.13. The van der Waals surface area contributed by atoms with E-state index in [-0.39, 0.29) is 0 Å². The Morgan fingerprint density at radius 2 is 2.23 bits per heavy atom. The fourth-order valence-electron chi connectivity index (χ4n) is 1.52. The second-order valence-corrected chi connectivity index (χ2v) is 3.89. The lowest BCUT2D eigenvalue weighted by molar-refractivity contribution is 0.629. The monoisotopic (exact) mass is 181 g/mol. The van der Waals surface area contributed by atoms with E-state index in [2.05, 4.69) is 23.4 Å². The molecule has 0 aliphatic heterocycles. The lowest BCUT2D eigenvalue weighted by Gasteiger charge is -2.06. The van der Waals surface area contributed by atoms with E-state index >= 15 is 0 Å². The summed E-state index contributed by atoms with van der Waals surface area (Å²) in [7, 11) is 2.03. The van der Waals surface area contributed by atoms with Crippen LogP contribution in [0.25, 0.3) is 0 Å². The van der Waals surface area contributed by atoms with Crippen molar-refractivity contribution in [3.05, 3.63) is 17.7 Å². The fourth-order valence-corrected chi connectivity index (χ4v) is 1.52. The van der Waals surface area contributed by atoms with E-state index in [0.29, 0.717) is 12.5 Å². The van der Waals surface area contributed by atoms with Gasteiger partial charge in [-0.15, -0.1) is 0 Å². The highest BCUT2D eigenvalue weighted by Crippen LogP contribution is 2.11. The van der Waals surface area contributed by atoms with Gasteiger partial charge in [0.25, 0.3) is 0 Å². The van der Waals surface area contributed by atoms with E-state index in [1.54, 1.807) is 0 Å². The van der Waals surface area contributed by atoms with E-state index < -0.39 is 0 Å². The quantitative estimate of drug-likeness (QED) is 0.756. The molecule has 13 heavy (non-hydrogen) atoms. The maximum atomic E-state index is 5.55. The van der Waals surface area contributed by atoms with Gasteiger partial charge < -0.3 is 10.3 Å². The highest BCUT2D eigenvalue weighted by atomic mass is 15.0. The van der Waals surface area contributed by atoms with E-state index in [1.165, 1.54) is 11.4 Å². The second kappa shape index (κ2) is 4.42. The zero-order valence-corrected chi connectivity index (χ0v) is 8.75. The Morgan fingerprint density at radius 3 is 2.77 bits per heavy atom. The van der Waals surface area contributed by atoms with Gasteiger partial charge in [-0.25, -0.2) is 4.98 Å². The summed E-state index contributed by atoms with van der Waals surface area (Å²) in [5.41, 5.74) is 8.05. The summed E-state index contributed by atoms with van der Waals surface area (Å²) >= 11 is 0. The molecule has 0 unspecified atom stereocenters. The average Bonchev–Trinajstić information content (AvgIpc) is 2.35. The van der Waals surface area contributed by atoms with Crippen molar-refractivity contribution in [1.82, 2.24) is 9.55 Å². The first-order valence-corrected chi connectivity index (χ1v) is 4.84. The second-order valence-electron chi connectivity index (χ2n) is 3.89. The Hall–Kier alpha value is -0.830. The summed E-state index contributed by atoms with van der Waals surface area (Å²) in [6.45, 7) is 5.12. The fraction of sp³-hybridized carbons (Fsp3) is 0.700. The van der Waals surface area contributed by atoms with E-state index in [1.807, 2.05) is 13.4 Å². The molecular formula is C10H19N3. The van der Waals surface area contributed by atoms with Gasteiger partial charge in [0.15, 0.2) is 0 Å². The average molecular weight is 181 g/mol. The zero-order chi connectivity index (χ0) is 9.84. The zero-order valence-electron chi connectivity index (χ0n) is 8.75. The van der Waals surface area contributed by atoms with E-state index in [9.17, 15) is 0 Å². The lowest BCUT2D eigenvalue weighted by atomic mass is 10.1. The van der Waals surface area contributed by atoms with Crippen molar-refractivity contribution in [2.24, 2.45) is 18.7 Å². The summed E-state index contributed by atoms with van der Waals surface area (Å²) in [5.74, 6) is 0.659. The van der Waals surface area contributed by atoms with Crippen LogP contribution in [0.3, 0.4) is 0 Å². The summed E-state index contributed by atoms with van der Waals surface area (Å²) in [5, 5.41) is 0. The molecule has 1 aromatic rings. The molecule has 1 heterocycles. The topological polar surface area (TPSA) is 43.8 Å². The molecular weight excluding hydrogens is 162 g/mol. The number of rotatable bonds is 4. The molecule has 3 heteroatoms. The third kappa shape index (κ3) is 2.56.